The van der Waals surface area contributed by atoms with Crippen LogP contribution in [-0.4, -0.2) is 36.6 Å². The molecule has 0 aromatic heterocycles. The van der Waals surface area contributed by atoms with E-state index < -0.39 is 0 Å². The van der Waals surface area contributed by atoms with Crippen molar-refractivity contribution < 1.29 is 0 Å². The van der Waals surface area contributed by atoms with Crippen molar-refractivity contribution >= 4 is 17.3 Å². The molecule has 112 valence electrons. The van der Waals surface area contributed by atoms with Gasteiger partial charge in [0.25, 0.3) is 0 Å². The van der Waals surface area contributed by atoms with Crippen LogP contribution in [0.25, 0.3) is 0 Å². The van der Waals surface area contributed by atoms with Crippen LogP contribution in [0.1, 0.15) is 32.6 Å². The minimum absolute atomic E-state index is 0.00712. The van der Waals surface area contributed by atoms with E-state index in [9.17, 15) is 0 Å². The molecule has 1 aliphatic heterocycles. The highest BCUT2D eigenvalue weighted by atomic mass is 35.5. The molecule has 1 atom stereocenters. The van der Waals surface area contributed by atoms with Crippen LogP contribution in [0.15, 0.2) is 24.3 Å². The Kier molecular flexibility index (Phi) is 5.70. The number of nitrogens with zero attached hydrogens (tertiary/aromatic N) is 1. The van der Waals surface area contributed by atoms with Crippen LogP contribution in [0.4, 0.5) is 5.69 Å². The molecule has 0 aliphatic carbocycles. The summed E-state index contributed by atoms with van der Waals surface area (Å²) in [4.78, 5) is 2.55. The molecule has 0 bridgehead atoms. The molecule has 1 heterocycles. The van der Waals surface area contributed by atoms with Gasteiger partial charge in [-0.15, -0.1) is 0 Å². The number of likely N-dealkylation sites (tertiary alicyclic amines) is 1. The third-order valence-corrected chi connectivity index (χ3v) is 4.44. The Labute approximate surface area is 127 Å². The van der Waals surface area contributed by atoms with E-state index >= 15 is 0 Å². The molecule has 1 saturated heterocycles. The fourth-order valence-electron chi connectivity index (χ4n) is 3.04. The summed E-state index contributed by atoms with van der Waals surface area (Å²) in [6.07, 6.45) is 4.63. The fraction of sp³-hybridized carbons (Fsp3) is 0.625. The van der Waals surface area contributed by atoms with E-state index in [-0.39, 0.29) is 5.54 Å². The molecule has 3 nitrogen and oxygen atoms in total. The number of nitrogens with two attached hydrogens (primary N) is 1. The summed E-state index contributed by atoms with van der Waals surface area (Å²) in [5.74, 6) is 0. The van der Waals surface area contributed by atoms with Gasteiger partial charge in [-0.2, -0.15) is 0 Å². The lowest BCUT2D eigenvalue weighted by Gasteiger charge is -2.34. The predicted molar refractivity (Wildman–Crippen MR) is 87.4 cm³/mol. The van der Waals surface area contributed by atoms with E-state index in [2.05, 4.69) is 23.2 Å². The smallest absolute Gasteiger partial charge is 0.0508 e. The molecule has 20 heavy (non-hydrogen) atoms. The van der Waals surface area contributed by atoms with Gasteiger partial charge in [0.15, 0.2) is 0 Å². The molecule has 0 radical (unpaired) electrons. The average Bonchev–Trinajstić information content (AvgIpc) is 2.63. The normalized spacial score (nSPS) is 24.4. The van der Waals surface area contributed by atoms with Gasteiger partial charge in [0.2, 0.25) is 0 Å². The largest absolute Gasteiger partial charge is 0.378 e. The topological polar surface area (TPSA) is 41.3 Å². The highest BCUT2D eigenvalue weighted by molar-refractivity contribution is 6.30. The molecule has 1 aromatic rings. The maximum atomic E-state index is 6.10. The molecule has 3 N–H and O–H groups in total. The number of nitrogens with one attached hydrogen (secondary N) is 1. The van der Waals surface area contributed by atoms with Crippen molar-refractivity contribution in [1.82, 2.24) is 4.90 Å². The van der Waals surface area contributed by atoms with Crippen LogP contribution < -0.4 is 11.1 Å². The summed E-state index contributed by atoms with van der Waals surface area (Å²) in [5.41, 5.74) is 7.18. The van der Waals surface area contributed by atoms with Gasteiger partial charge >= 0.3 is 0 Å². The lowest BCUT2D eigenvalue weighted by Crippen LogP contribution is -2.46. The summed E-state index contributed by atoms with van der Waals surface area (Å²) in [6, 6.07) is 7.93. The number of hydrogen-bond donors (Lipinski definition) is 2. The van der Waals surface area contributed by atoms with Crippen molar-refractivity contribution in [2.45, 2.75) is 38.1 Å². The minimum atomic E-state index is 0.00712. The van der Waals surface area contributed by atoms with Gasteiger partial charge in [0.1, 0.15) is 0 Å². The van der Waals surface area contributed by atoms with Gasteiger partial charge in [-0.1, -0.05) is 24.6 Å². The van der Waals surface area contributed by atoms with Crippen LogP contribution in [0.2, 0.25) is 5.02 Å². The fourth-order valence-corrected chi connectivity index (χ4v) is 3.23. The molecule has 1 unspecified atom stereocenters. The Morgan fingerprint density at radius 2 is 2.20 bits per heavy atom. The van der Waals surface area contributed by atoms with Gasteiger partial charge in [0, 0.05) is 23.8 Å². The first-order valence-electron chi connectivity index (χ1n) is 7.64. The zero-order valence-electron chi connectivity index (χ0n) is 12.4. The van der Waals surface area contributed by atoms with Crippen LogP contribution >= 0.6 is 11.6 Å². The number of halogens is 1. The van der Waals surface area contributed by atoms with Crippen LogP contribution in [0.3, 0.4) is 0 Å². The molecule has 0 spiro atoms. The Balaban J connectivity index is 2.05. The second-order valence-corrected chi connectivity index (χ2v) is 6.25. The Morgan fingerprint density at radius 1 is 1.35 bits per heavy atom. The summed E-state index contributed by atoms with van der Waals surface area (Å²) >= 11 is 6.07. The number of hydrogen-bond acceptors (Lipinski definition) is 3. The van der Waals surface area contributed by atoms with Gasteiger partial charge in [-0.3, -0.25) is 0 Å². The van der Waals surface area contributed by atoms with E-state index in [0.717, 1.165) is 30.1 Å². The van der Waals surface area contributed by atoms with Crippen LogP contribution in [0, 0.1) is 0 Å². The maximum Gasteiger partial charge on any atom is 0.0508 e. The van der Waals surface area contributed by atoms with Gasteiger partial charge in [-0.25, -0.2) is 0 Å². The van der Waals surface area contributed by atoms with Gasteiger partial charge in [0.05, 0.1) is 5.54 Å². The first-order valence-corrected chi connectivity index (χ1v) is 8.01. The zero-order chi connectivity index (χ0) is 14.4. The predicted octanol–water partition coefficient (Wildman–Crippen LogP) is 3.35. The second-order valence-electron chi connectivity index (χ2n) is 5.81. The van der Waals surface area contributed by atoms with Crippen molar-refractivity contribution in [1.29, 1.82) is 0 Å². The average molecular weight is 296 g/mol. The highest BCUT2D eigenvalue weighted by Crippen LogP contribution is 2.27. The molecule has 1 fully saturated rings. The Hall–Kier alpha value is -0.770. The third-order valence-electron chi connectivity index (χ3n) is 4.20. The molecule has 1 aliphatic rings. The molecule has 1 aromatic carbocycles. The number of rotatable bonds is 5. The molecule has 0 amide bonds. The van der Waals surface area contributed by atoms with E-state index in [1.807, 2.05) is 18.2 Å². The van der Waals surface area contributed by atoms with E-state index in [1.54, 1.807) is 0 Å². The lowest BCUT2D eigenvalue weighted by atomic mass is 9.90. The van der Waals surface area contributed by atoms with E-state index in [1.165, 1.54) is 25.9 Å². The van der Waals surface area contributed by atoms with Gasteiger partial charge in [-0.05, 0) is 57.0 Å². The quantitative estimate of drug-likeness (QED) is 0.875. The van der Waals surface area contributed by atoms with E-state index in [4.69, 9.17) is 17.3 Å². The van der Waals surface area contributed by atoms with Crippen LogP contribution in [0.5, 0.6) is 0 Å². The van der Waals surface area contributed by atoms with Crippen molar-refractivity contribution in [2.24, 2.45) is 5.73 Å². The van der Waals surface area contributed by atoms with Crippen molar-refractivity contribution in [3.8, 4) is 0 Å². The summed E-state index contributed by atoms with van der Waals surface area (Å²) in [6.45, 7) is 6.41. The lowest BCUT2D eigenvalue weighted by molar-refractivity contribution is 0.279. The second kappa shape index (κ2) is 7.30. The molecular weight excluding hydrogens is 270 g/mol. The molecule has 4 heteroatoms. The molecule has 0 saturated carbocycles. The minimum Gasteiger partial charge on any atom is -0.378 e. The van der Waals surface area contributed by atoms with Crippen molar-refractivity contribution in [3.05, 3.63) is 29.3 Å². The third kappa shape index (κ3) is 4.11. The first-order chi connectivity index (χ1) is 9.67. The monoisotopic (exact) mass is 295 g/mol. The number of benzene rings is 1. The highest BCUT2D eigenvalue weighted by Gasteiger charge is 2.31. The van der Waals surface area contributed by atoms with E-state index in [0.29, 0.717) is 6.54 Å². The van der Waals surface area contributed by atoms with Gasteiger partial charge < -0.3 is 16.0 Å². The van der Waals surface area contributed by atoms with Crippen molar-refractivity contribution in [3.63, 3.8) is 0 Å². The standard InChI is InChI=1S/C16H26ClN3/c1-2-9-20-10-4-7-16(13-18,8-11-20)19-15-6-3-5-14(17)12-15/h3,5-6,12,19H,2,4,7-11,13,18H2,1H3. The zero-order valence-corrected chi connectivity index (χ0v) is 13.1. The Bertz CT molecular complexity index is 424. The van der Waals surface area contributed by atoms with Crippen LogP contribution in [-0.2, 0) is 0 Å². The number of anilines is 1. The Morgan fingerprint density at radius 3 is 2.90 bits per heavy atom. The molecular formula is C16H26ClN3. The summed E-state index contributed by atoms with van der Waals surface area (Å²) < 4.78 is 0. The maximum absolute atomic E-state index is 6.10. The summed E-state index contributed by atoms with van der Waals surface area (Å²) in [7, 11) is 0. The molecule has 2 rings (SSSR count). The SMILES string of the molecule is CCCN1CCCC(CN)(Nc2cccc(Cl)c2)CC1. The first kappa shape index (κ1) is 15.6. The summed E-state index contributed by atoms with van der Waals surface area (Å²) in [5, 5.41) is 4.42. The van der Waals surface area contributed by atoms with Crippen molar-refractivity contribution in [2.75, 3.05) is 31.5 Å².